The second-order valence-electron chi connectivity index (χ2n) is 5.77. The van der Waals surface area contributed by atoms with Crippen LogP contribution in [0, 0.1) is 0 Å². The zero-order chi connectivity index (χ0) is 12.9. The molecular weight excluding hydrogens is 232 g/mol. The molecular formula is C18H16O. The van der Waals surface area contributed by atoms with Crippen molar-refractivity contribution >= 4 is 5.78 Å². The van der Waals surface area contributed by atoms with E-state index in [0.717, 1.165) is 12.8 Å². The van der Waals surface area contributed by atoms with Crippen LogP contribution in [0.25, 0.3) is 0 Å². The first-order valence-corrected chi connectivity index (χ1v) is 6.99. The summed E-state index contributed by atoms with van der Waals surface area (Å²) in [6.07, 6.45) is 2.79. The first-order chi connectivity index (χ1) is 9.31. The summed E-state index contributed by atoms with van der Waals surface area (Å²) in [5.41, 5.74) is 3.89. The number of carbonyl (C=O) groups excluding carboxylic acids is 1. The Morgan fingerprint density at radius 2 is 1.68 bits per heavy atom. The third-order valence-corrected chi connectivity index (χ3v) is 4.90. The minimum Gasteiger partial charge on any atom is -0.299 e. The highest BCUT2D eigenvalue weighted by Gasteiger charge is 2.49. The maximum atomic E-state index is 12.4. The number of hydrogen-bond donors (Lipinski definition) is 0. The van der Waals surface area contributed by atoms with Gasteiger partial charge in [0.15, 0.2) is 0 Å². The first kappa shape index (κ1) is 11.0. The van der Waals surface area contributed by atoms with Gasteiger partial charge in [-0.15, -0.1) is 0 Å². The summed E-state index contributed by atoms with van der Waals surface area (Å²) in [5.74, 6) is 0.579. The van der Waals surface area contributed by atoms with Gasteiger partial charge in [0.1, 0.15) is 5.78 Å². The highest BCUT2D eigenvalue weighted by atomic mass is 16.1. The molecule has 0 amide bonds. The van der Waals surface area contributed by atoms with Crippen LogP contribution in [0.3, 0.4) is 0 Å². The lowest BCUT2D eigenvalue weighted by Crippen LogP contribution is -2.43. The Kier molecular flexibility index (Phi) is 2.20. The van der Waals surface area contributed by atoms with E-state index in [1.165, 1.54) is 16.7 Å². The van der Waals surface area contributed by atoms with Crippen molar-refractivity contribution in [3.63, 3.8) is 0 Å². The fraction of sp³-hybridized carbons (Fsp3) is 0.278. The van der Waals surface area contributed by atoms with Crippen LogP contribution in [-0.2, 0) is 10.2 Å². The molecule has 2 aromatic rings. The van der Waals surface area contributed by atoms with E-state index in [-0.39, 0.29) is 11.3 Å². The highest BCUT2D eigenvalue weighted by Crippen LogP contribution is 2.54. The van der Waals surface area contributed by atoms with Gasteiger partial charge in [0, 0.05) is 17.8 Å². The first-order valence-electron chi connectivity index (χ1n) is 6.99. The molecule has 1 fully saturated rings. The number of rotatable bonds is 1. The van der Waals surface area contributed by atoms with E-state index in [0.29, 0.717) is 12.2 Å². The van der Waals surface area contributed by atoms with Crippen molar-refractivity contribution in [1.29, 1.82) is 0 Å². The van der Waals surface area contributed by atoms with Gasteiger partial charge < -0.3 is 0 Å². The van der Waals surface area contributed by atoms with Gasteiger partial charge in [0.2, 0.25) is 0 Å². The number of benzene rings is 2. The summed E-state index contributed by atoms with van der Waals surface area (Å²) >= 11 is 0. The summed E-state index contributed by atoms with van der Waals surface area (Å²) in [6.45, 7) is 0. The topological polar surface area (TPSA) is 17.1 Å². The predicted octanol–water partition coefficient (Wildman–Crippen LogP) is 3.82. The normalized spacial score (nSPS) is 28.2. The van der Waals surface area contributed by atoms with E-state index >= 15 is 0 Å². The molecule has 0 N–H and O–H groups in total. The maximum absolute atomic E-state index is 12.4. The van der Waals surface area contributed by atoms with E-state index in [9.17, 15) is 4.79 Å². The predicted molar refractivity (Wildman–Crippen MR) is 75.3 cm³/mol. The number of hydrogen-bond acceptors (Lipinski definition) is 1. The molecule has 2 atom stereocenters. The van der Waals surface area contributed by atoms with Gasteiger partial charge in [0.25, 0.3) is 0 Å². The van der Waals surface area contributed by atoms with Gasteiger partial charge in [-0.25, -0.2) is 0 Å². The van der Waals surface area contributed by atoms with Crippen molar-refractivity contribution in [2.75, 3.05) is 0 Å². The van der Waals surface area contributed by atoms with Crippen LogP contribution in [0.15, 0.2) is 54.6 Å². The van der Waals surface area contributed by atoms with Crippen LogP contribution >= 0.6 is 0 Å². The van der Waals surface area contributed by atoms with Crippen LogP contribution in [0.5, 0.6) is 0 Å². The lowest BCUT2D eigenvalue weighted by Gasteiger charge is -2.47. The second kappa shape index (κ2) is 3.80. The van der Waals surface area contributed by atoms with Crippen molar-refractivity contribution in [2.24, 2.45) is 0 Å². The molecule has 0 heterocycles. The molecule has 2 aromatic carbocycles. The monoisotopic (exact) mass is 248 g/mol. The maximum Gasteiger partial charge on any atom is 0.141 e. The standard InChI is InChI=1S/C18H16O/c19-17-12-18(13-6-2-1-3-7-13)11-10-15(17)14-8-4-5-9-16(14)18/h1-9,15H,10-12H2. The molecule has 1 nitrogen and oxygen atoms in total. The van der Waals surface area contributed by atoms with Crippen molar-refractivity contribution in [1.82, 2.24) is 0 Å². The summed E-state index contributed by atoms with van der Waals surface area (Å²) in [5, 5.41) is 0. The average molecular weight is 248 g/mol. The molecule has 0 radical (unpaired) electrons. The molecule has 0 spiro atoms. The number of Topliss-reactive ketones (excluding diaryl/α,β-unsaturated/α-hetero) is 1. The fourth-order valence-corrected chi connectivity index (χ4v) is 4.02. The van der Waals surface area contributed by atoms with Crippen molar-refractivity contribution in [3.05, 3.63) is 71.3 Å². The Morgan fingerprint density at radius 1 is 0.947 bits per heavy atom. The molecule has 1 heteroatoms. The molecule has 1 saturated carbocycles. The Morgan fingerprint density at radius 3 is 2.47 bits per heavy atom. The Balaban J connectivity index is 2.00. The number of fused-ring (bicyclic) bond motifs is 2. The third-order valence-electron chi connectivity index (χ3n) is 4.90. The van der Waals surface area contributed by atoms with Gasteiger partial charge in [0.05, 0.1) is 0 Å². The zero-order valence-electron chi connectivity index (χ0n) is 10.8. The molecule has 0 aromatic heterocycles. The zero-order valence-corrected chi connectivity index (χ0v) is 10.8. The SMILES string of the molecule is O=C1CC2(c3ccccc3)CCC1c1ccccc12. The molecule has 2 bridgehead atoms. The van der Waals surface area contributed by atoms with Gasteiger partial charge >= 0.3 is 0 Å². The van der Waals surface area contributed by atoms with Crippen molar-refractivity contribution in [3.8, 4) is 0 Å². The molecule has 2 unspecified atom stereocenters. The molecule has 19 heavy (non-hydrogen) atoms. The third kappa shape index (κ3) is 1.39. The fourth-order valence-electron chi connectivity index (χ4n) is 4.02. The number of ketones is 1. The lowest BCUT2D eigenvalue weighted by molar-refractivity contribution is -0.124. The minimum atomic E-state index is -0.0658. The minimum absolute atomic E-state index is 0.0658. The summed E-state index contributed by atoms with van der Waals surface area (Å²) in [6, 6.07) is 19.1. The van der Waals surface area contributed by atoms with Crippen molar-refractivity contribution < 1.29 is 4.79 Å². The van der Waals surface area contributed by atoms with Crippen LogP contribution in [0.1, 0.15) is 41.9 Å². The van der Waals surface area contributed by atoms with Crippen LogP contribution in [-0.4, -0.2) is 5.78 Å². The van der Waals surface area contributed by atoms with Crippen LogP contribution in [0.4, 0.5) is 0 Å². The van der Waals surface area contributed by atoms with Gasteiger partial charge in [-0.1, -0.05) is 54.6 Å². The van der Waals surface area contributed by atoms with Gasteiger partial charge in [-0.3, -0.25) is 4.79 Å². The van der Waals surface area contributed by atoms with Gasteiger partial charge in [-0.2, -0.15) is 0 Å². The van der Waals surface area contributed by atoms with Crippen LogP contribution in [0.2, 0.25) is 0 Å². The van der Waals surface area contributed by atoms with Crippen molar-refractivity contribution in [2.45, 2.75) is 30.6 Å². The molecule has 3 aliphatic carbocycles. The second-order valence-corrected chi connectivity index (χ2v) is 5.77. The quantitative estimate of drug-likeness (QED) is 0.749. The highest BCUT2D eigenvalue weighted by molar-refractivity contribution is 5.91. The summed E-state index contributed by atoms with van der Waals surface area (Å²) < 4.78 is 0. The largest absolute Gasteiger partial charge is 0.299 e. The molecule has 94 valence electrons. The Hall–Kier alpha value is -1.89. The summed E-state index contributed by atoms with van der Waals surface area (Å²) in [7, 11) is 0. The summed E-state index contributed by atoms with van der Waals surface area (Å²) in [4.78, 5) is 12.4. The smallest absolute Gasteiger partial charge is 0.141 e. The van der Waals surface area contributed by atoms with E-state index < -0.39 is 0 Å². The molecule has 0 saturated heterocycles. The molecule has 0 aliphatic heterocycles. The van der Waals surface area contributed by atoms with Crippen LogP contribution < -0.4 is 0 Å². The molecule has 3 aliphatic rings. The van der Waals surface area contributed by atoms with E-state index in [1.54, 1.807) is 0 Å². The average Bonchev–Trinajstić information content (AvgIpc) is 2.49. The Bertz CT molecular complexity index is 644. The van der Waals surface area contributed by atoms with E-state index in [1.807, 2.05) is 6.07 Å². The Labute approximate surface area is 113 Å². The van der Waals surface area contributed by atoms with E-state index in [4.69, 9.17) is 0 Å². The lowest BCUT2D eigenvalue weighted by atomic mass is 9.55. The van der Waals surface area contributed by atoms with E-state index in [2.05, 4.69) is 48.5 Å². The molecule has 5 rings (SSSR count). The van der Waals surface area contributed by atoms with Gasteiger partial charge in [-0.05, 0) is 29.5 Å². The number of carbonyl (C=O) groups is 1.